The van der Waals surface area contributed by atoms with Crippen molar-refractivity contribution >= 4 is 11.0 Å². The van der Waals surface area contributed by atoms with E-state index in [0.717, 1.165) is 62.9 Å². The lowest BCUT2D eigenvalue weighted by Gasteiger charge is -2.38. The van der Waals surface area contributed by atoms with E-state index in [0.29, 0.717) is 17.5 Å². The number of likely N-dealkylation sites (tertiary alicyclic amines) is 1. The number of aryl methyl sites for hydroxylation is 1. The molecule has 1 spiro atoms. The molecule has 0 bridgehead atoms. The smallest absolute Gasteiger partial charge is 0.336 e. The van der Waals surface area contributed by atoms with Crippen molar-refractivity contribution in [1.82, 2.24) is 4.90 Å². The van der Waals surface area contributed by atoms with Gasteiger partial charge in [0.2, 0.25) is 0 Å². The summed E-state index contributed by atoms with van der Waals surface area (Å²) in [4.78, 5) is 14.4. The molecule has 1 unspecified atom stereocenters. The van der Waals surface area contributed by atoms with E-state index in [1.807, 2.05) is 12.1 Å². The summed E-state index contributed by atoms with van der Waals surface area (Å²) in [6.07, 6.45) is 4.58. The number of benzene rings is 1. The Bertz CT molecular complexity index is 837. The predicted molar refractivity (Wildman–Crippen MR) is 102 cm³/mol. The minimum Gasteiger partial charge on any atom is -0.423 e. The predicted octanol–water partition coefficient (Wildman–Crippen LogP) is 2.69. The maximum Gasteiger partial charge on any atom is 0.336 e. The van der Waals surface area contributed by atoms with E-state index in [2.05, 4.69) is 17.9 Å². The number of nitrogens with two attached hydrogens (primary N) is 1. The minimum atomic E-state index is -0.264. The molecule has 2 fully saturated rings. The summed E-state index contributed by atoms with van der Waals surface area (Å²) in [6.45, 7) is 6.48. The number of piperidine rings is 1. The summed E-state index contributed by atoms with van der Waals surface area (Å²) < 4.78 is 11.2. The van der Waals surface area contributed by atoms with Crippen molar-refractivity contribution < 1.29 is 9.15 Å². The van der Waals surface area contributed by atoms with Gasteiger partial charge in [-0.2, -0.15) is 0 Å². The molecule has 140 valence electrons. The average Bonchev–Trinajstić information content (AvgIpc) is 3.06. The molecule has 2 saturated heterocycles. The lowest BCUT2D eigenvalue weighted by molar-refractivity contribution is 0.0649. The fourth-order valence-electron chi connectivity index (χ4n) is 4.45. The maximum atomic E-state index is 12.0. The molecular weight excluding hydrogens is 328 g/mol. The fourth-order valence-corrected chi connectivity index (χ4v) is 4.45. The zero-order valence-corrected chi connectivity index (χ0v) is 15.5. The Balaban J connectivity index is 1.51. The van der Waals surface area contributed by atoms with E-state index >= 15 is 0 Å². The molecule has 3 heterocycles. The van der Waals surface area contributed by atoms with Crippen molar-refractivity contribution in [2.75, 3.05) is 26.2 Å². The Hall–Kier alpha value is -1.69. The number of nitrogens with zero attached hydrogens (tertiary/aromatic N) is 1. The topological polar surface area (TPSA) is 68.7 Å². The van der Waals surface area contributed by atoms with Gasteiger partial charge in [0.25, 0.3) is 0 Å². The maximum absolute atomic E-state index is 12.0. The van der Waals surface area contributed by atoms with Gasteiger partial charge in [0, 0.05) is 24.5 Å². The van der Waals surface area contributed by atoms with Crippen LogP contribution in [0.5, 0.6) is 0 Å². The second-order valence-electron chi connectivity index (χ2n) is 7.92. The highest BCUT2D eigenvalue weighted by molar-refractivity contribution is 5.80. The Morgan fingerprint density at radius 3 is 2.77 bits per heavy atom. The van der Waals surface area contributed by atoms with Crippen molar-refractivity contribution in [3.63, 3.8) is 0 Å². The first-order valence-corrected chi connectivity index (χ1v) is 9.70. The van der Waals surface area contributed by atoms with Gasteiger partial charge >= 0.3 is 5.63 Å². The Morgan fingerprint density at radius 1 is 1.27 bits per heavy atom. The number of hydrogen-bond donors (Lipinski definition) is 1. The third-order valence-electron chi connectivity index (χ3n) is 6.16. The molecule has 1 aromatic heterocycles. The second kappa shape index (κ2) is 7.14. The lowest BCUT2D eigenvalue weighted by Crippen LogP contribution is -2.40. The summed E-state index contributed by atoms with van der Waals surface area (Å²) in [6, 6.07) is 7.78. The first kappa shape index (κ1) is 17.7. The molecule has 5 heteroatoms. The summed E-state index contributed by atoms with van der Waals surface area (Å²) in [5, 5.41) is 1.07. The first-order chi connectivity index (χ1) is 12.6. The summed E-state index contributed by atoms with van der Waals surface area (Å²) in [7, 11) is 0. The molecule has 0 radical (unpaired) electrons. The van der Waals surface area contributed by atoms with Crippen molar-refractivity contribution in [1.29, 1.82) is 0 Å². The molecule has 26 heavy (non-hydrogen) atoms. The van der Waals surface area contributed by atoms with E-state index in [-0.39, 0.29) is 11.7 Å². The van der Waals surface area contributed by atoms with Gasteiger partial charge in [0.15, 0.2) is 0 Å². The highest BCUT2D eigenvalue weighted by Crippen LogP contribution is 2.42. The van der Waals surface area contributed by atoms with Gasteiger partial charge in [-0.15, -0.1) is 0 Å². The third kappa shape index (κ3) is 3.43. The van der Waals surface area contributed by atoms with E-state index in [9.17, 15) is 4.79 Å². The number of ether oxygens (including phenoxy) is 1. The van der Waals surface area contributed by atoms with Crippen LogP contribution in [-0.4, -0.2) is 37.2 Å². The van der Waals surface area contributed by atoms with Gasteiger partial charge in [0.05, 0.1) is 12.7 Å². The normalized spacial score (nSPS) is 23.1. The van der Waals surface area contributed by atoms with Crippen molar-refractivity contribution in [3.05, 3.63) is 45.8 Å². The minimum absolute atomic E-state index is 0.233. The molecule has 0 aliphatic carbocycles. The van der Waals surface area contributed by atoms with Gasteiger partial charge in [-0.05, 0) is 67.4 Å². The molecule has 1 atom stereocenters. The molecule has 0 saturated carbocycles. The van der Waals surface area contributed by atoms with Gasteiger partial charge in [-0.1, -0.05) is 13.0 Å². The van der Waals surface area contributed by atoms with Crippen LogP contribution in [0.1, 0.15) is 37.3 Å². The largest absolute Gasteiger partial charge is 0.423 e. The van der Waals surface area contributed by atoms with E-state index in [4.69, 9.17) is 14.9 Å². The number of hydrogen-bond acceptors (Lipinski definition) is 5. The lowest BCUT2D eigenvalue weighted by atomic mass is 9.76. The number of fused-ring (bicyclic) bond motifs is 1. The van der Waals surface area contributed by atoms with Gasteiger partial charge in [0.1, 0.15) is 5.58 Å². The Kier molecular flexibility index (Phi) is 4.86. The molecule has 4 rings (SSSR count). The van der Waals surface area contributed by atoms with Crippen LogP contribution in [0.15, 0.2) is 33.5 Å². The zero-order chi connectivity index (χ0) is 18.1. The molecule has 2 aromatic rings. The van der Waals surface area contributed by atoms with Crippen molar-refractivity contribution in [3.8, 4) is 0 Å². The van der Waals surface area contributed by atoms with Crippen LogP contribution in [0.25, 0.3) is 11.0 Å². The van der Waals surface area contributed by atoms with Crippen LogP contribution in [0.3, 0.4) is 0 Å². The SMILES string of the molecule is CCc1ccc2oc(=O)cc(CN3CCC4(CC3)COC(CN)C4)c2c1. The van der Waals surface area contributed by atoms with E-state index in [1.165, 1.54) is 5.56 Å². The quantitative estimate of drug-likeness (QED) is 0.853. The van der Waals surface area contributed by atoms with Gasteiger partial charge < -0.3 is 14.9 Å². The van der Waals surface area contributed by atoms with Crippen LogP contribution in [-0.2, 0) is 17.7 Å². The van der Waals surface area contributed by atoms with Crippen LogP contribution >= 0.6 is 0 Å². The van der Waals surface area contributed by atoms with Crippen LogP contribution < -0.4 is 11.4 Å². The standard InChI is InChI=1S/C21H28N2O3/c1-2-15-3-4-19-18(9-15)16(10-20(24)26-19)13-23-7-5-21(6-8-23)11-17(12-22)25-14-21/h3-4,9-10,17H,2,5-8,11-14,22H2,1H3. The Morgan fingerprint density at radius 2 is 2.08 bits per heavy atom. The zero-order valence-electron chi connectivity index (χ0n) is 15.5. The average molecular weight is 356 g/mol. The van der Waals surface area contributed by atoms with Gasteiger partial charge in [-0.3, -0.25) is 4.90 Å². The fraction of sp³-hybridized carbons (Fsp3) is 0.571. The van der Waals surface area contributed by atoms with Crippen molar-refractivity contribution in [2.45, 2.75) is 45.3 Å². The summed E-state index contributed by atoms with van der Waals surface area (Å²) in [5.41, 5.74) is 8.85. The van der Waals surface area contributed by atoms with Crippen molar-refractivity contribution in [2.24, 2.45) is 11.1 Å². The highest BCUT2D eigenvalue weighted by atomic mass is 16.5. The van der Waals surface area contributed by atoms with Crippen LogP contribution in [0.4, 0.5) is 0 Å². The molecular formula is C21H28N2O3. The van der Waals surface area contributed by atoms with Gasteiger partial charge in [-0.25, -0.2) is 4.79 Å². The molecule has 5 nitrogen and oxygen atoms in total. The molecule has 2 aliphatic heterocycles. The van der Waals surface area contributed by atoms with E-state index in [1.54, 1.807) is 6.07 Å². The molecule has 1 aromatic carbocycles. The second-order valence-corrected chi connectivity index (χ2v) is 7.92. The monoisotopic (exact) mass is 356 g/mol. The molecule has 2 N–H and O–H groups in total. The van der Waals surface area contributed by atoms with E-state index < -0.39 is 0 Å². The highest BCUT2D eigenvalue weighted by Gasteiger charge is 2.41. The molecule has 2 aliphatic rings. The third-order valence-corrected chi connectivity index (χ3v) is 6.16. The number of rotatable bonds is 4. The van der Waals surface area contributed by atoms with Crippen LogP contribution in [0.2, 0.25) is 0 Å². The van der Waals surface area contributed by atoms with Crippen LogP contribution in [0, 0.1) is 5.41 Å². The first-order valence-electron chi connectivity index (χ1n) is 9.70. The summed E-state index contributed by atoms with van der Waals surface area (Å²) in [5.74, 6) is 0. The summed E-state index contributed by atoms with van der Waals surface area (Å²) >= 11 is 0. The molecule has 0 amide bonds. The Labute approximate surface area is 154 Å².